The van der Waals surface area contributed by atoms with Crippen LogP contribution in [0.4, 0.5) is 5.69 Å². The fraction of sp³-hybridized carbons (Fsp3) is 0.647. The van der Waals surface area contributed by atoms with Crippen LogP contribution in [-0.2, 0) is 6.42 Å². The Morgan fingerprint density at radius 2 is 2.10 bits per heavy atom. The van der Waals surface area contributed by atoms with Crippen molar-refractivity contribution in [3.05, 3.63) is 28.8 Å². The second-order valence-electron chi connectivity index (χ2n) is 6.05. The van der Waals surface area contributed by atoms with Gasteiger partial charge in [0.15, 0.2) is 0 Å². The lowest BCUT2D eigenvalue weighted by Crippen LogP contribution is -2.27. The molecule has 1 aliphatic carbocycles. The number of nitrogens with two attached hydrogens (primary N) is 1. The van der Waals surface area contributed by atoms with E-state index in [0.717, 1.165) is 43.3 Å². The zero-order valence-electron chi connectivity index (χ0n) is 12.7. The van der Waals surface area contributed by atoms with Gasteiger partial charge in [-0.15, -0.1) is 0 Å². The lowest BCUT2D eigenvalue weighted by Gasteiger charge is -2.26. The Kier molecular flexibility index (Phi) is 5.74. The number of hydrogen-bond donors (Lipinski definition) is 1. The molecule has 0 aliphatic heterocycles. The topological polar surface area (TPSA) is 29.3 Å². The molecule has 0 bridgehead atoms. The first-order valence-corrected chi connectivity index (χ1v) is 8.30. The average molecular weight is 295 g/mol. The van der Waals surface area contributed by atoms with Crippen molar-refractivity contribution in [1.82, 2.24) is 0 Å². The first-order chi connectivity index (χ1) is 9.63. The number of nitrogens with zero attached hydrogens (tertiary/aromatic N) is 1. The number of anilines is 1. The van der Waals surface area contributed by atoms with Crippen LogP contribution in [0.5, 0.6) is 0 Å². The summed E-state index contributed by atoms with van der Waals surface area (Å²) in [5.41, 5.74) is 8.46. The second kappa shape index (κ2) is 7.33. The average Bonchev–Trinajstić information content (AvgIpc) is 3.22. The Bertz CT molecular complexity index is 429. The van der Waals surface area contributed by atoms with E-state index in [2.05, 4.69) is 36.9 Å². The summed E-state index contributed by atoms with van der Waals surface area (Å²) in [5.74, 6) is 0.880. The Morgan fingerprint density at radius 1 is 1.35 bits per heavy atom. The van der Waals surface area contributed by atoms with Crippen molar-refractivity contribution in [3.63, 3.8) is 0 Å². The molecule has 1 fully saturated rings. The van der Waals surface area contributed by atoms with Gasteiger partial charge in [-0.3, -0.25) is 0 Å². The van der Waals surface area contributed by atoms with Crippen molar-refractivity contribution < 1.29 is 0 Å². The second-order valence-corrected chi connectivity index (χ2v) is 6.45. The highest BCUT2D eigenvalue weighted by Crippen LogP contribution is 2.34. The van der Waals surface area contributed by atoms with Crippen molar-refractivity contribution in [2.45, 2.75) is 52.0 Å². The van der Waals surface area contributed by atoms with Crippen LogP contribution in [0.2, 0.25) is 5.02 Å². The molecule has 2 nitrogen and oxygen atoms in total. The van der Waals surface area contributed by atoms with Crippen molar-refractivity contribution in [2.75, 3.05) is 18.0 Å². The molecule has 0 aromatic heterocycles. The summed E-state index contributed by atoms with van der Waals surface area (Å²) in [6, 6.07) is 6.70. The van der Waals surface area contributed by atoms with Gasteiger partial charge in [-0.05, 0) is 55.7 Å². The quantitative estimate of drug-likeness (QED) is 0.777. The number of hydrogen-bond acceptors (Lipinski definition) is 2. The summed E-state index contributed by atoms with van der Waals surface area (Å²) in [6.45, 7) is 6.59. The van der Waals surface area contributed by atoms with Crippen LogP contribution in [0.25, 0.3) is 0 Å². The van der Waals surface area contributed by atoms with Gasteiger partial charge in [0.2, 0.25) is 0 Å². The first kappa shape index (κ1) is 15.7. The van der Waals surface area contributed by atoms with Crippen LogP contribution in [0.15, 0.2) is 18.2 Å². The van der Waals surface area contributed by atoms with E-state index in [4.69, 9.17) is 17.3 Å². The van der Waals surface area contributed by atoms with Crippen molar-refractivity contribution >= 4 is 17.3 Å². The van der Waals surface area contributed by atoms with E-state index < -0.39 is 0 Å². The minimum atomic E-state index is 0.232. The highest BCUT2D eigenvalue weighted by molar-refractivity contribution is 6.33. The third-order valence-corrected chi connectivity index (χ3v) is 4.35. The van der Waals surface area contributed by atoms with E-state index in [9.17, 15) is 0 Å². The molecule has 0 spiro atoms. The minimum absolute atomic E-state index is 0.232. The van der Waals surface area contributed by atoms with E-state index in [-0.39, 0.29) is 6.04 Å². The fourth-order valence-electron chi connectivity index (χ4n) is 2.57. The van der Waals surface area contributed by atoms with Gasteiger partial charge in [-0.1, -0.05) is 31.5 Å². The molecule has 0 saturated heterocycles. The normalized spacial score (nSPS) is 16.2. The zero-order chi connectivity index (χ0) is 14.5. The van der Waals surface area contributed by atoms with Crippen LogP contribution >= 0.6 is 11.6 Å². The van der Waals surface area contributed by atoms with Crippen LogP contribution in [0.3, 0.4) is 0 Å². The molecule has 2 N–H and O–H groups in total. The summed E-state index contributed by atoms with van der Waals surface area (Å²) in [7, 11) is 0. The lowest BCUT2D eigenvalue weighted by molar-refractivity contribution is 0.646. The third-order valence-electron chi connectivity index (χ3n) is 4.04. The third kappa shape index (κ3) is 4.39. The smallest absolute Gasteiger partial charge is 0.0642 e. The van der Waals surface area contributed by atoms with E-state index in [1.807, 2.05) is 0 Å². The molecular formula is C17H27ClN2. The predicted octanol–water partition coefficient (Wildman–Crippen LogP) is 4.25. The van der Waals surface area contributed by atoms with E-state index >= 15 is 0 Å². The zero-order valence-corrected chi connectivity index (χ0v) is 13.5. The highest BCUT2D eigenvalue weighted by atomic mass is 35.5. The molecule has 20 heavy (non-hydrogen) atoms. The summed E-state index contributed by atoms with van der Waals surface area (Å²) < 4.78 is 0. The number of halogens is 1. The van der Waals surface area contributed by atoms with Crippen molar-refractivity contribution in [3.8, 4) is 0 Å². The Morgan fingerprint density at radius 3 is 2.65 bits per heavy atom. The van der Waals surface area contributed by atoms with Gasteiger partial charge in [0.05, 0.1) is 10.7 Å². The van der Waals surface area contributed by atoms with Crippen LogP contribution < -0.4 is 10.6 Å². The predicted molar refractivity (Wildman–Crippen MR) is 88.7 cm³/mol. The van der Waals surface area contributed by atoms with Gasteiger partial charge in [0, 0.05) is 19.1 Å². The number of benzene rings is 1. The van der Waals surface area contributed by atoms with Crippen LogP contribution in [0, 0.1) is 5.92 Å². The van der Waals surface area contributed by atoms with Crippen molar-refractivity contribution in [2.24, 2.45) is 11.7 Å². The maximum Gasteiger partial charge on any atom is 0.0642 e. The molecule has 0 radical (unpaired) electrons. The molecule has 1 unspecified atom stereocenters. The van der Waals surface area contributed by atoms with Crippen LogP contribution in [-0.4, -0.2) is 19.1 Å². The molecular weight excluding hydrogens is 268 g/mol. The van der Waals surface area contributed by atoms with Gasteiger partial charge in [-0.2, -0.15) is 0 Å². The minimum Gasteiger partial charge on any atom is -0.370 e. The molecule has 2 rings (SSSR count). The summed E-state index contributed by atoms with van der Waals surface area (Å²) >= 11 is 6.51. The maximum atomic E-state index is 6.51. The van der Waals surface area contributed by atoms with Gasteiger partial charge in [0.1, 0.15) is 0 Å². The molecule has 1 atom stereocenters. The van der Waals surface area contributed by atoms with E-state index in [1.54, 1.807) is 0 Å². The molecule has 0 heterocycles. The molecule has 1 aliphatic rings. The standard InChI is InChI=1S/C17H27ClN2/c1-3-9-20(12-13-5-6-13)17-8-7-14(11-16(17)18)10-15(19)4-2/h7-8,11,13,15H,3-6,9-10,12,19H2,1-2H3. The van der Waals surface area contributed by atoms with E-state index in [1.165, 1.54) is 24.1 Å². The Hall–Kier alpha value is -0.730. The first-order valence-electron chi connectivity index (χ1n) is 7.93. The molecule has 1 aromatic rings. The molecule has 1 saturated carbocycles. The lowest BCUT2D eigenvalue weighted by atomic mass is 10.0. The highest BCUT2D eigenvalue weighted by Gasteiger charge is 2.25. The molecule has 1 aromatic carbocycles. The van der Waals surface area contributed by atoms with Gasteiger partial charge >= 0.3 is 0 Å². The SMILES string of the molecule is CCCN(CC1CC1)c1ccc(CC(N)CC)cc1Cl. The molecule has 112 valence electrons. The van der Waals surface area contributed by atoms with Gasteiger partial charge in [-0.25, -0.2) is 0 Å². The molecule has 0 amide bonds. The van der Waals surface area contributed by atoms with Crippen molar-refractivity contribution in [1.29, 1.82) is 0 Å². The summed E-state index contributed by atoms with van der Waals surface area (Å²) in [4.78, 5) is 2.45. The summed E-state index contributed by atoms with van der Waals surface area (Å²) in [6.07, 6.45) is 5.82. The van der Waals surface area contributed by atoms with E-state index in [0.29, 0.717) is 0 Å². The summed E-state index contributed by atoms with van der Waals surface area (Å²) in [5, 5.41) is 0.875. The maximum absolute atomic E-state index is 6.51. The monoisotopic (exact) mass is 294 g/mol. The number of rotatable bonds is 8. The largest absolute Gasteiger partial charge is 0.370 e. The van der Waals surface area contributed by atoms with Gasteiger partial charge in [0.25, 0.3) is 0 Å². The fourth-order valence-corrected chi connectivity index (χ4v) is 2.90. The molecule has 3 heteroatoms. The van der Waals surface area contributed by atoms with Crippen LogP contribution in [0.1, 0.15) is 45.1 Å². The Labute approximate surface area is 128 Å². The Balaban J connectivity index is 2.09. The van der Waals surface area contributed by atoms with Gasteiger partial charge < -0.3 is 10.6 Å².